The van der Waals surface area contributed by atoms with E-state index in [1.165, 1.54) is 24.8 Å². The summed E-state index contributed by atoms with van der Waals surface area (Å²) in [6.07, 6.45) is 4.16. The zero-order valence-corrected chi connectivity index (χ0v) is 12.0. The lowest BCUT2D eigenvalue weighted by atomic mass is 9.80. The van der Waals surface area contributed by atoms with Gasteiger partial charge in [-0.25, -0.2) is 4.98 Å². The van der Waals surface area contributed by atoms with E-state index in [1.54, 1.807) is 11.3 Å². The fraction of sp³-hybridized carbons (Fsp3) is 0.438. The molecule has 0 amide bonds. The van der Waals surface area contributed by atoms with Crippen LogP contribution in [0.5, 0.6) is 0 Å². The second-order valence-corrected chi connectivity index (χ2v) is 6.43. The Bertz CT molecular complexity index is 542. The van der Waals surface area contributed by atoms with E-state index >= 15 is 0 Å². The van der Waals surface area contributed by atoms with Crippen molar-refractivity contribution in [3.8, 4) is 0 Å². The smallest absolute Gasteiger partial charge is 0.0897 e. The quantitative estimate of drug-likeness (QED) is 0.913. The first-order valence-corrected chi connectivity index (χ1v) is 7.79. The second-order valence-electron chi connectivity index (χ2n) is 5.37. The third-order valence-electron chi connectivity index (χ3n) is 3.97. The Labute approximate surface area is 118 Å². The standard InChI is InChI=1S/C16H19NOS/c1-11-17-15(10-19-11)9-16(18)14-7-5-13(6-8-14)12-3-2-4-12/h5-8,10,12,16,18H,2-4,9H2,1H3. The summed E-state index contributed by atoms with van der Waals surface area (Å²) in [5, 5.41) is 13.3. The van der Waals surface area contributed by atoms with Gasteiger partial charge in [0.05, 0.1) is 16.8 Å². The molecule has 19 heavy (non-hydrogen) atoms. The van der Waals surface area contributed by atoms with E-state index in [2.05, 4.69) is 29.2 Å². The number of benzene rings is 1. The van der Waals surface area contributed by atoms with E-state index in [4.69, 9.17) is 0 Å². The maximum absolute atomic E-state index is 10.2. The number of aliphatic hydroxyl groups excluding tert-OH is 1. The van der Waals surface area contributed by atoms with Gasteiger partial charge in [0, 0.05) is 11.8 Å². The minimum absolute atomic E-state index is 0.447. The van der Waals surface area contributed by atoms with Crippen molar-refractivity contribution in [2.75, 3.05) is 0 Å². The van der Waals surface area contributed by atoms with Gasteiger partial charge < -0.3 is 5.11 Å². The topological polar surface area (TPSA) is 33.1 Å². The summed E-state index contributed by atoms with van der Waals surface area (Å²) in [7, 11) is 0. The highest BCUT2D eigenvalue weighted by Crippen LogP contribution is 2.36. The van der Waals surface area contributed by atoms with Gasteiger partial charge in [-0.1, -0.05) is 30.7 Å². The van der Waals surface area contributed by atoms with Crippen molar-refractivity contribution in [1.82, 2.24) is 4.98 Å². The summed E-state index contributed by atoms with van der Waals surface area (Å²) in [5.74, 6) is 0.757. The molecule has 0 bridgehead atoms. The predicted octanol–water partition coefficient (Wildman–Crippen LogP) is 4.00. The number of thiazole rings is 1. The molecule has 2 nitrogen and oxygen atoms in total. The van der Waals surface area contributed by atoms with Crippen molar-refractivity contribution < 1.29 is 5.11 Å². The summed E-state index contributed by atoms with van der Waals surface area (Å²) in [6, 6.07) is 8.48. The Morgan fingerprint density at radius 2 is 2.05 bits per heavy atom. The molecule has 1 atom stereocenters. The number of aliphatic hydroxyl groups is 1. The molecular formula is C16H19NOS. The molecule has 1 aliphatic carbocycles. The maximum Gasteiger partial charge on any atom is 0.0897 e. The van der Waals surface area contributed by atoms with Crippen LogP contribution in [0.25, 0.3) is 0 Å². The number of hydrogen-bond acceptors (Lipinski definition) is 3. The van der Waals surface area contributed by atoms with E-state index in [-0.39, 0.29) is 0 Å². The van der Waals surface area contributed by atoms with Crippen LogP contribution in [0.1, 0.15) is 53.1 Å². The van der Waals surface area contributed by atoms with Crippen LogP contribution in [0.2, 0.25) is 0 Å². The Balaban J connectivity index is 1.67. The van der Waals surface area contributed by atoms with Gasteiger partial charge in [0.1, 0.15) is 0 Å². The lowest BCUT2D eigenvalue weighted by molar-refractivity contribution is 0.177. The van der Waals surface area contributed by atoms with Gasteiger partial charge in [-0.05, 0) is 36.8 Å². The van der Waals surface area contributed by atoms with Crippen molar-refractivity contribution >= 4 is 11.3 Å². The summed E-state index contributed by atoms with van der Waals surface area (Å²) in [6.45, 7) is 1.99. The minimum atomic E-state index is -0.447. The van der Waals surface area contributed by atoms with Crippen LogP contribution in [-0.2, 0) is 6.42 Å². The molecule has 3 heteroatoms. The van der Waals surface area contributed by atoms with E-state index < -0.39 is 6.10 Å². The number of aromatic nitrogens is 1. The van der Waals surface area contributed by atoms with Crippen molar-refractivity contribution in [2.24, 2.45) is 0 Å². The van der Waals surface area contributed by atoms with E-state index in [9.17, 15) is 5.11 Å². The molecule has 1 saturated carbocycles. The van der Waals surface area contributed by atoms with E-state index in [0.29, 0.717) is 6.42 Å². The zero-order chi connectivity index (χ0) is 13.2. The van der Waals surface area contributed by atoms with Crippen LogP contribution < -0.4 is 0 Å². The SMILES string of the molecule is Cc1nc(CC(O)c2ccc(C3CCC3)cc2)cs1. The van der Waals surface area contributed by atoms with Crippen molar-refractivity contribution in [3.63, 3.8) is 0 Å². The first kappa shape index (κ1) is 12.8. The molecule has 0 aliphatic heterocycles. The number of nitrogens with zero attached hydrogens (tertiary/aromatic N) is 1. The van der Waals surface area contributed by atoms with Crippen LogP contribution in [0, 0.1) is 6.92 Å². The Kier molecular flexibility index (Phi) is 3.67. The van der Waals surface area contributed by atoms with Gasteiger partial charge in [-0.15, -0.1) is 11.3 Å². The molecular weight excluding hydrogens is 254 g/mol. The van der Waals surface area contributed by atoms with Crippen LogP contribution in [0.15, 0.2) is 29.6 Å². The van der Waals surface area contributed by atoms with Crippen molar-refractivity contribution in [1.29, 1.82) is 0 Å². The van der Waals surface area contributed by atoms with Gasteiger partial charge >= 0.3 is 0 Å². The molecule has 2 aromatic rings. The Morgan fingerprint density at radius 3 is 2.58 bits per heavy atom. The summed E-state index contributed by atoms with van der Waals surface area (Å²) >= 11 is 1.64. The molecule has 1 heterocycles. The molecule has 1 aliphatic rings. The van der Waals surface area contributed by atoms with E-state index in [0.717, 1.165) is 22.2 Å². The predicted molar refractivity (Wildman–Crippen MR) is 78.5 cm³/mol. The van der Waals surface area contributed by atoms with Gasteiger partial charge in [-0.3, -0.25) is 0 Å². The fourth-order valence-corrected chi connectivity index (χ4v) is 3.18. The van der Waals surface area contributed by atoms with Gasteiger partial charge in [0.15, 0.2) is 0 Å². The molecule has 0 radical (unpaired) electrons. The highest BCUT2D eigenvalue weighted by atomic mass is 32.1. The fourth-order valence-electron chi connectivity index (χ4n) is 2.55. The lowest BCUT2D eigenvalue weighted by Gasteiger charge is -2.26. The molecule has 0 saturated heterocycles. The summed E-state index contributed by atoms with van der Waals surface area (Å²) < 4.78 is 0. The molecule has 1 aromatic carbocycles. The third-order valence-corrected chi connectivity index (χ3v) is 4.79. The normalized spacial score (nSPS) is 17.2. The van der Waals surface area contributed by atoms with Crippen LogP contribution in [-0.4, -0.2) is 10.1 Å². The van der Waals surface area contributed by atoms with Gasteiger partial charge in [-0.2, -0.15) is 0 Å². The molecule has 1 unspecified atom stereocenters. The lowest BCUT2D eigenvalue weighted by Crippen LogP contribution is -2.09. The average molecular weight is 273 g/mol. The number of aryl methyl sites for hydroxylation is 1. The van der Waals surface area contributed by atoms with Crippen LogP contribution in [0.4, 0.5) is 0 Å². The van der Waals surface area contributed by atoms with Crippen molar-refractivity contribution in [2.45, 2.75) is 44.6 Å². The molecule has 3 rings (SSSR count). The minimum Gasteiger partial charge on any atom is -0.388 e. The highest BCUT2D eigenvalue weighted by Gasteiger charge is 2.19. The zero-order valence-electron chi connectivity index (χ0n) is 11.2. The largest absolute Gasteiger partial charge is 0.388 e. The van der Waals surface area contributed by atoms with Gasteiger partial charge in [0.25, 0.3) is 0 Å². The Hall–Kier alpha value is -1.19. The second kappa shape index (κ2) is 5.43. The number of rotatable bonds is 4. The monoisotopic (exact) mass is 273 g/mol. The molecule has 100 valence electrons. The summed E-state index contributed by atoms with van der Waals surface area (Å²) in [4.78, 5) is 4.40. The van der Waals surface area contributed by atoms with Gasteiger partial charge in [0.2, 0.25) is 0 Å². The van der Waals surface area contributed by atoms with E-state index in [1.807, 2.05) is 12.3 Å². The Morgan fingerprint density at radius 1 is 1.32 bits per heavy atom. The first-order valence-electron chi connectivity index (χ1n) is 6.91. The van der Waals surface area contributed by atoms with Crippen LogP contribution >= 0.6 is 11.3 Å². The summed E-state index contributed by atoms with van der Waals surface area (Å²) in [5.41, 5.74) is 3.40. The van der Waals surface area contributed by atoms with Crippen LogP contribution in [0.3, 0.4) is 0 Å². The third kappa shape index (κ3) is 2.88. The molecule has 1 N–H and O–H groups in total. The molecule has 0 spiro atoms. The average Bonchev–Trinajstić information content (AvgIpc) is 2.73. The maximum atomic E-state index is 10.2. The highest BCUT2D eigenvalue weighted by molar-refractivity contribution is 7.09. The first-order chi connectivity index (χ1) is 9.22. The number of hydrogen-bond donors (Lipinski definition) is 1. The van der Waals surface area contributed by atoms with Crippen molar-refractivity contribution in [3.05, 3.63) is 51.5 Å². The molecule has 1 fully saturated rings. The molecule has 1 aromatic heterocycles.